The van der Waals surface area contributed by atoms with Crippen molar-refractivity contribution in [2.75, 3.05) is 12.3 Å². The topological polar surface area (TPSA) is 12.0 Å². The Labute approximate surface area is 103 Å². The summed E-state index contributed by atoms with van der Waals surface area (Å²) in [6.07, 6.45) is 4.00. The van der Waals surface area contributed by atoms with Crippen LogP contribution in [-0.2, 0) is 0 Å². The molecule has 0 spiro atoms. The van der Waals surface area contributed by atoms with E-state index in [0.29, 0.717) is 0 Å². The average molecular weight is 235 g/mol. The predicted molar refractivity (Wildman–Crippen MR) is 72.0 cm³/mol. The first-order valence-corrected chi connectivity index (χ1v) is 7.24. The fourth-order valence-corrected chi connectivity index (χ4v) is 3.26. The number of rotatable bonds is 4. The quantitative estimate of drug-likeness (QED) is 0.801. The lowest BCUT2D eigenvalue weighted by Crippen LogP contribution is -2.37. The molecular formula is C14H21NS. The summed E-state index contributed by atoms with van der Waals surface area (Å²) in [5.41, 5.74) is 0. The molecule has 2 heteroatoms. The number of thioether (sulfide) groups is 1. The van der Waals surface area contributed by atoms with Gasteiger partial charge in [0.2, 0.25) is 0 Å². The van der Waals surface area contributed by atoms with Crippen LogP contribution in [-0.4, -0.2) is 18.3 Å². The molecule has 0 amide bonds. The van der Waals surface area contributed by atoms with Crippen molar-refractivity contribution >= 4 is 11.8 Å². The van der Waals surface area contributed by atoms with Crippen LogP contribution in [0, 0.1) is 5.92 Å². The van der Waals surface area contributed by atoms with Gasteiger partial charge in [-0.25, -0.2) is 0 Å². The largest absolute Gasteiger partial charge is 0.314 e. The summed E-state index contributed by atoms with van der Waals surface area (Å²) < 4.78 is 0. The van der Waals surface area contributed by atoms with Crippen LogP contribution in [0.1, 0.15) is 26.2 Å². The molecular weight excluding hydrogens is 214 g/mol. The molecule has 1 aromatic carbocycles. The Morgan fingerprint density at radius 2 is 2.12 bits per heavy atom. The van der Waals surface area contributed by atoms with Gasteiger partial charge in [0.15, 0.2) is 0 Å². The van der Waals surface area contributed by atoms with Crippen LogP contribution in [0.2, 0.25) is 0 Å². The van der Waals surface area contributed by atoms with E-state index in [9.17, 15) is 0 Å². The molecule has 0 aliphatic carbocycles. The zero-order valence-electron chi connectivity index (χ0n) is 9.99. The van der Waals surface area contributed by atoms with Gasteiger partial charge in [-0.15, -0.1) is 11.8 Å². The minimum atomic E-state index is 0.750. The van der Waals surface area contributed by atoms with Crippen molar-refractivity contribution in [1.29, 1.82) is 0 Å². The van der Waals surface area contributed by atoms with Crippen molar-refractivity contribution in [2.24, 2.45) is 5.92 Å². The van der Waals surface area contributed by atoms with E-state index >= 15 is 0 Å². The van der Waals surface area contributed by atoms with Gasteiger partial charge in [-0.05, 0) is 49.6 Å². The normalized spacial score (nSPS) is 25.6. The van der Waals surface area contributed by atoms with Gasteiger partial charge in [0.25, 0.3) is 0 Å². The summed E-state index contributed by atoms with van der Waals surface area (Å²) in [7, 11) is 0. The second-order valence-electron chi connectivity index (χ2n) is 4.73. The highest BCUT2D eigenvalue weighted by atomic mass is 32.2. The minimum Gasteiger partial charge on any atom is -0.314 e. The third kappa shape index (κ3) is 3.84. The van der Waals surface area contributed by atoms with E-state index in [1.807, 2.05) is 11.8 Å². The van der Waals surface area contributed by atoms with E-state index in [0.717, 1.165) is 12.0 Å². The van der Waals surface area contributed by atoms with Gasteiger partial charge in [-0.2, -0.15) is 0 Å². The fourth-order valence-electron chi connectivity index (χ4n) is 2.28. The Hall–Kier alpha value is -0.470. The maximum atomic E-state index is 3.62. The zero-order valence-corrected chi connectivity index (χ0v) is 10.8. The Kier molecular flexibility index (Phi) is 4.73. The van der Waals surface area contributed by atoms with Crippen LogP contribution < -0.4 is 5.32 Å². The molecule has 2 rings (SSSR count). The Morgan fingerprint density at radius 3 is 2.88 bits per heavy atom. The standard InChI is InChI=1S/C14H21NS/c1-12-7-9-15-13(11-12)8-10-16-14-5-3-2-4-6-14/h2-6,12-13,15H,7-11H2,1H3. The maximum Gasteiger partial charge on any atom is 0.00775 e. The second-order valence-corrected chi connectivity index (χ2v) is 5.90. The summed E-state index contributed by atoms with van der Waals surface area (Å²) in [4.78, 5) is 1.39. The molecule has 1 heterocycles. The van der Waals surface area contributed by atoms with Crippen LogP contribution in [0.3, 0.4) is 0 Å². The lowest BCUT2D eigenvalue weighted by atomic mass is 9.93. The Balaban J connectivity index is 1.68. The number of benzene rings is 1. The highest BCUT2D eigenvalue weighted by molar-refractivity contribution is 7.99. The lowest BCUT2D eigenvalue weighted by Gasteiger charge is -2.28. The molecule has 1 saturated heterocycles. The second kappa shape index (κ2) is 6.31. The molecule has 0 bridgehead atoms. The number of nitrogens with one attached hydrogen (secondary N) is 1. The van der Waals surface area contributed by atoms with Gasteiger partial charge in [0.1, 0.15) is 0 Å². The summed E-state index contributed by atoms with van der Waals surface area (Å²) in [6.45, 7) is 3.58. The van der Waals surface area contributed by atoms with E-state index in [2.05, 4.69) is 42.6 Å². The van der Waals surface area contributed by atoms with Crippen molar-refractivity contribution in [1.82, 2.24) is 5.32 Å². The van der Waals surface area contributed by atoms with Crippen LogP contribution in [0.4, 0.5) is 0 Å². The summed E-state index contributed by atoms with van der Waals surface area (Å²) in [6, 6.07) is 11.4. The molecule has 1 fully saturated rings. The van der Waals surface area contributed by atoms with E-state index in [1.165, 1.54) is 36.5 Å². The number of hydrogen-bond donors (Lipinski definition) is 1. The van der Waals surface area contributed by atoms with Gasteiger partial charge in [-0.1, -0.05) is 25.1 Å². The molecule has 2 atom stereocenters. The van der Waals surface area contributed by atoms with Gasteiger partial charge >= 0.3 is 0 Å². The fraction of sp³-hybridized carbons (Fsp3) is 0.571. The van der Waals surface area contributed by atoms with Crippen LogP contribution in [0.25, 0.3) is 0 Å². The van der Waals surface area contributed by atoms with E-state index in [-0.39, 0.29) is 0 Å². The number of piperidine rings is 1. The van der Waals surface area contributed by atoms with Crippen molar-refractivity contribution in [2.45, 2.75) is 37.1 Å². The molecule has 0 radical (unpaired) electrons. The van der Waals surface area contributed by atoms with Crippen LogP contribution in [0.5, 0.6) is 0 Å². The van der Waals surface area contributed by atoms with Crippen LogP contribution >= 0.6 is 11.8 Å². The highest BCUT2D eigenvalue weighted by Gasteiger charge is 2.17. The molecule has 1 aromatic rings. The average Bonchev–Trinajstić information content (AvgIpc) is 2.30. The zero-order chi connectivity index (χ0) is 11.2. The van der Waals surface area contributed by atoms with E-state index in [1.54, 1.807) is 0 Å². The minimum absolute atomic E-state index is 0.750. The van der Waals surface area contributed by atoms with Crippen LogP contribution in [0.15, 0.2) is 35.2 Å². The molecule has 1 N–H and O–H groups in total. The molecule has 0 aromatic heterocycles. The first-order chi connectivity index (χ1) is 7.84. The smallest absolute Gasteiger partial charge is 0.00775 e. The van der Waals surface area contributed by atoms with Crippen molar-refractivity contribution < 1.29 is 0 Å². The first-order valence-electron chi connectivity index (χ1n) is 6.26. The molecule has 88 valence electrons. The molecule has 1 aliphatic heterocycles. The van der Waals surface area contributed by atoms with E-state index < -0.39 is 0 Å². The van der Waals surface area contributed by atoms with E-state index in [4.69, 9.17) is 0 Å². The number of hydrogen-bond acceptors (Lipinski definition) is 2. The summed E-state index contributed by atoms with van der Waals surface area (Å²) in [5.74, 6) is 2.14. The molecule has 16 heavy (non-hydrogen) atoms. The summed E-state index contributed by atoms with van der Waals surface area (Å²) >= 11 is 1.98. The first kappa shape index (κ1) is 12.0. The highest BCUT2D eigenvalue weighted by Crippen LogP contribution is 2.22. The molecule has 1 aliphatic rings. The summed E-state index contributed by atoms with van der Waals surface area (Å²) in [5, 5.41) is 3.62. The third-order valence-electron chi connectivity index (χ3n) is 3.24. The Bertz CT molecular complexity index is 299. The van der Waals surface area contributed by atoms with Crippen molar-refractivity contribution in [3.63, 3.8) is 0 Å². The van der Waals surface area contributed by atoms with Gasteiger partial charge < -0.3 is 5.32 Å². The Morgan fingerprint density at radius 1 is 1.31 bits per heavy atom. The molecule has 2 unspecified atom stereocenters. The predicted octanol–water partition coefficient (Wildman–Crippen LogP) is 3.56. The van der Waals surface area contributed by atoms with Crippen molar-refractivity contribution in [3.8, 4) is 0 Å². The third-order valence-corrected chi connectivity index (χ3v) is 4.28. The lowest BCUT2D eigenvalue weighted by molar-refractivity contribution is 0.315. The van der Waals surface area contributed by atoms with Gasteiger partial charge in [-0.3, -0.25) is 0 Å². The maximum absolute atomic E-state index is 3.62. The molecule has 1 nitrogen and oxygen atoms in total. The monoisotopic (exact) mass is 235 g/mol. The van der Waals surface area contributed by atoms with Crippen molar-refractivity contribution in [3.05, 3.63) is 30.3 Å². The SMILES string of the molecule is CC1CCNC(CCSc2ccccc2)C1. The van der Waals surface area contributed by atoms with Gasteiger partial charge in [0, 0.05) is 10.9 Å². The molecule has 0 saturated carbocycles. The van der Waals surface area contributed by atoms with Gasteiger partial charge in [0.05, 0.1) is 0 Å².